The molecule has 122 valence electrons. The van der Waals surface area contributed by atoms with Crippen molar-refractivity contribution < 1.29 is 13.2 Å². The molecule has 1 aliphatic heterocycles. The summed E-state index contributed by atoms with van der Waals surface area (Å²) in [4.78, 5) is 4.26. The maximum atomic E-state index is 12.5. The predicted molar refractivity (Wildman–Crippen MR) is 84.7 cm³/mol. The van der Waals surface area contributed by atoms with Gasteiger partial charge in [-0.2, -0.15) is 4.31 Å². The summed E-state index contributed by atoms with van der Waals surface area (Å²) >= 11 is 0. The molecule has 5 nitrogen and oxygen atoms in total. The fourth-order valence-corrected chi connectivity index (χ4v) is 5.52. The molecule has 1 saturated heterocycles. The minimum Gasteiger partial charge on any atom is -0.370 e. The number of sulfonamides is 1. The summed E-state index contributed by atoms with van der Waals surface area (Å²) in [5.41, 5.74) is 0.897. The van der Waals surface area contributed by atoms with Gasteiger partial charge in [-0.25, -0.2) is 8.42 Å². The molecule has 2 bridgehead atoms. The van der Waals surface area contributed by atoms with E-state index in [0.29, 0.717) is 19.1 Å². The number of hydrogen-bond acceptors (Lipinski definition) is 4. The largest absolute Gasteiger partial charge is 0.370 e. The van der Waals surface area contributed by atoms with Crippen LogP contribution in [-0.2, 0) is 21.4 Å². The third-order valence-corrected chi connectivity index (χ3v) is 6.66. The lowest BCUT2D eigenvalue weighted by atomic mass is 10.1. The van der Waals surface area contributed by atoms with Crippen molar-refractivity contribution in [2.24, 2.45) is 5.92 Å². The molecule has 6 heteroatoms. The summed E-state index contributed by atoms with van der Waals surface area (Å²) in [6, 6.07) is 5.78. The van der Waals surface area contributed by atoms with E-state index in [2.05, 4.69) is 4.98 Å². The molecule has 0 amide bonds. The van der Waals surface area contributed by atoms with E-state index in [-0.39, 0.29) is 17.9 Å². The van der Waals surface area contributed by atoms with Gasteiger partial charge in [-0.1, -0.05) is 19.4 Å². The molecule has 0 radical (unpaired) electrons. The van der Waals surface area contributed by atoms with Crippen LogP contribution in [0.4, 0.5) is 0 Å². The molecule has 2 fully saturated rings. The van der Waals surface area contributed by atoms with Gasteiger partial charge in [0, 0.05) is 18.7 Å². The second-order valence-electron chi connectivity index (χ2n) is 6.24. The molecule has 3 atom stereocenters. The van der Waals surface area contributed by atoms with Crippen molar-refractivity contribution in [2.45, 2.75) is 51.4 Å². The van der Waals surface area contributed by atoms with Gasteiger partial charge in [0.05, 0.1) is 30.2 Å². The van der Waals surface area contributed by atoms with E-state index in [1.165, 1.54) is 0 Å². The second kappa shape index (κ2) is 6.64. The number of piperidine rings is 1. The van der Waals surface area contributed by atoms with E-state index in [9.17, 15) is 8.42 Å². The summed E-state index contributed by atoms with van der Waals surface area (Å²) < 4.78 is 32.7. The molecule has 2 aliphatic rings. The Balaban J connectivity index is 1.63. The van der Waals surface area contributed by atoms with Crippen LogP contribution in [0.1, 0.15) is 38.3 Å². The monoisotopic (exact) mass is 324 g/mol. The van der Waals surface area contributed by atoms with Crippen LogP contribution in [0.15, 0.2) is 24.4 Å². The first-order valence-corrected chi connectivity index (χ1v) is 9.74. The zero-order valence-corrected chi connectivity index (χ0v) is 13.8. The van der Waals surface area contributed by atoms with Crippen molar-refractivity contribution in [1.82, 2.24) is 9.29 Å². The number of unbranched alkanes of at least 4 members (excludes halogenated alkanes) is 1. The normalized spacial score (nSPS) is 28.3. The van der Waals surface area contributed by atoms with Crippen LogP contribution in [0, 0.1) is 5.92 Å². The van der Waals surface area contributed by atoms with Gasteiger partial charge in [0.25, 0.3) is 0 Å². The third kappa shape index (κ3) is 3.19. The lowest BCUT2D eigenvalue weighted by molar-refractivity contribution is 0.0200. The Labute approximate surface area is 132 Å². The summed E-state index contributed by atoms with van der Waals surface area (Å²) in [5.74, 6) is 0.602. The summed E-state index contributed by atoms with van der Waals surface area (Å²) in [6.07, 6.45) is 5.40. The first-order valence-electron chi connectivity index (χ1n) is 8.13. The maximum absolute atomic E-state index is 12.5. The molecule has 0 aromatic carbocycles. The average Bonchev–Trinajstić information content (AvgIpc) is 3.09. The Bertz CT molecular complexity index is 591. The fraction of sp³-hybridized carbons (Fsp3) is 0.688. The van der Waals surface area contributed by atoms with Crippen LogP contribution < -0.4 is 0 Å². The standard InChI is InChI=1S/C16H24N2O3S/c1-2-3-10-22(19,20)18-11-13-7-8-15(18)16(13)21-12-14-6-4-5-9-17-14/h4-6,9,13,15-16H,2-3,7-8,10-12H2,1H3/t13-,15+,16-/m1/s1. The Morgan fingerprint density at radius 1 is 1.36 bits per heavy atom. The number of rotatable bonds is 7. The summed E-state index contributed by atoms with van der Waals surface area (Å²) in [7, 11) is -3.13. The van der Waals surface area contributed by atoms with E-state index in [0.717, 1.165) is 31.4 Å². The molecular formula is C16H24N2O3S. The first kappa shape index (κ1) is 15.9. The number of hydrogen-bond donors (Lipinski definition) is 0. The Morgan fingerprint density at radius 3 is 2.95 bits per heavy atom. The molecule has 0 spiro atoms. The highest BCUT2D eigenvalue weighted by Crippen LogP contribution is 2.41. The summed E-state index contributed by atoms with van der Waals surface area (Å²) in [5, 5.41) is 0. The third-order valence-electron chi connectivity index (χ3n) is 4.72. The van der Waals surface area contributed by atoms with Crippen LogP contribution in [0.5, 0.6) is 0 Å². The van der Waals surface area contributed by atoms with Gasteiger partial charge in [0.15, 0.2) is 0 Å². The van der Waals surface area contributed by atoms with Gasteiger partial charge in [0.2, 0.25) is 10.0 Å². The molecule has 0 unspecified atom stereocenters. The van der Waals surface area contributed by atoms with E-state index in [4.69, 9.17) is 4.74 Å². The molecule has 1 aromatic heterocycles. The van der Waals surface area contributed by atoms with Crippen molar-refractivity contribution in [3.8, 4) is 0 Å². The van der Waals surface area contributed by atoms with Crippen molar-refractivity contribution in [3.05, 3.63) is 30.1 Å². The topological polar surface area (TPSA) is 59.5 Å². The van der Waals surface area contributed by atoms with Gasteiger partial charge in [-0.3, -0.25) is 4.98 Å². The summed E-state index contributed by atoms with van der Waals surface area (Å²) in [6.45, 7) is 3.11. The second-order valence-corrected chi connectivity index (χ2v) is 8.28. The highest BCUT2D eigenvalue weighted by Gasteiger charge is 2.51. The van der Waals surface area contributed by atoms with Crippen LogP contribution in [0.25, 0.3) is 0 Å². The molecule has 2 heterocycles. The highest BCUT2D eigenvalue weighted by molar-refractivity contribution is 7.89. The van der Waals surface area contributed by atoms with Gasteiger partial charge in [-0.05, 0) is 31.4 Å². The number of fused-ring (bicyclic) bond motifs is 2. The molecule has 0 N–H and O–H groups in total. The van der Waals surface area contributed by atoms with Crippen LogP contribution in [-0.4, -0.2) is 42.2 Å². The van der Waals surface area contributed by atoms with Crippen LogP contribution >= 0.6 is 0 Å². The fourth-order valence-electron chi connectivity index (χ4n) is 3.57. The number of ether oxygens (including phenoxy) is 1. The zero-order chi connectivity index (χ0) is 15.6. The van der Waals surface area contributed by atoms with Gasteiger partial charge >= 0.3 is 0 Å². The molecule has 1 aliphatic carbocycles. The van der Waals surface area contributed by atoms with Crippen LogP contribution in [0.2, 0.25) is 0 Å². The SMILES string of the molecule is CCCCS(=O)(=O)N1C[C@H]2CC[C@H]1[C@@H]2OCc1ccccn1. The number of aromatic nitrogens is 1. The molecule has 1 aromatic rings. The quantitative estimate of drug-likeness (QED) is 0.771. The van der Waals surface area contributed by atoms with Crippen molar-refractivity contribution in [1.29, 1.82) is 0 Å². The minimum atomic E-state index is -3.13. The average molecular weight is 324 g/mol. The molecule has 1 saturated carbocycles. The Hall–Kier alpha value is -0.980. The maximum Gasteiger partial charge on any atom is 0.214 e. The van der Waals surface area contributed by atoms with E-state index < -0.39 is 10.0 Å². The number of pyridine rings is 1. The van der Waals surface area contributed by atoms with Gasteiger partial charge in [-0.15, -0.1) is 0 Å². The zero-order valence-electron chi connectivity index (χ0n) is 13.0. The van der Waals surface area contributed by atoms with Crippen molar-refractivity contribution in [2.75, 3.05) is 12.3 Å². The van der Waals surface area contributed by atoms with Crippen molar-refractivity contribution in [3.63, 3.8) is 0 Å². The Morgan fingerprint density at radius 2 is 2.23 bits per heavy atom. The molecule has 3 rings (SSSR count). The smallest absolute Gasteiger partial charge is 0.214 e. The number of nitrogens with zero attached hydrogens (tertiary/aromatic N) is 2. The lowest BCUT2D eigenvalue weighted by Crippen LogP contribution is -2.41. The van der Waals surface area contributed by atoms with Gasteiger partial charge < -0.3 is 4.74 Å². The van der Waals surface area contributed by atoms with E-state index in [1.807, 2.05) is 25.1 Å². The van der Waals surface area contributed by atoms with E-state index in [1.54, 1.807) is 10.5 Å². The minimum absolute atomic E-state index is 0.0237. The molecular weight excluding hydrogens is 300 g/mol. The predicted octanol–water partition coefficient (Wildman–Crippen LogP) is 2.19. The lowest BCUT2D eigenvalue weighted by Gasteiger charge is -2.26. The molecule has 22 heavy (non-hydrogen) atoms. The van der Waals surface area contributed by atoms with E-state index >= 15 is 0 Å². The van der Waals surface area contributed by atoms with Crippen LogP contribution in [0.3, 0.4) is 0 Å². The Kier molecular flexibility index (Phi) is 4.80. The first-order chi connectivity index (χ1) is 10.6. The highest BCUT2D eigenvalue weighted by atomic mass is 32.2. The van der Waals surface area contributed by atoms with Crippen molar-refractivity contribution >= 4 is 10.0 Å². The van der Waals surface area contributed by atoms with Gasteiger partial charge in [0.1, 0.15) is 0 Å².